The van der Waals surface area contributed by atoms with Crippen LogP contribution in [0.15, 0.2) is 29.2 Å². The monoisotopic (exact) mass is 233 g/mol. The molecule has 1 aliphatic rings. The largest absolute Gasteiger partial charge is 0.396 e. The maximum atomic E-state index is 12.0. The molecule has 0 saturated heterocycles. The minimum atomic E-state index is -1.09. The van der Waals surface area contributed by atoms with Crippen molar-refractivity contribution >= 4 is 10.8 Å². The van der Waals surface area contributed by atoms with Gasteiger partial charge >= 0.3 is 0 Å². The Kier molecular flexibility index (Phi) is 4.13. The van der Waals surface area contributed by atoms with E-state index in [1.165, 1.54) is 0 Å². The number of aliphatic hydroxyl groups is 1. The summed E-state index contributed by atoms with van der Waals surface area (Å²) in [5.74, 6) is 0. The highest BCUT2D eigenvalue weighted by atomic mass is 32.2. The van der Waals surface area contributed by atoms with Crippen LogP contribution in [0.5, 0.6) is 0 Å². The molecular formula is C13H13O2S. The molecule has 5 radical (unpaired) electrons. The number of hydrogen-bond donors (Lipinski definition) is 1. The van der Waals surface area contributed by atoms with E-state index < -0.39 is 10.8 Å². The molecule has 0 spiro atoms. The fourth-order valence-electron chi connectivity index (χ4n) is 1.52. The molecule has 1 atom stereocenters. The molecule has 0 heterocycles. The number of hydrogen-bond acceptors (Lipinski definition) is 2. The van der Waals surface area contributed by atoms with Crippen molar-refractivity contribution in [2.75, 3.05) is 6.61 Å². The Hall–Kier alpha value is -0.670. The van der Waals surface area contributed by atoms with E-state index in [4.69, 9.17) is 5.11 Å². The molecule has 1 N–H and O–H groups in total. The quantitative estimate of drug-likeness (QED) is 0.859. The van der Waals surface area contributed by atoms with Gasteiger partial charge in [-0.1, -0.05) is 12.1 Å². The van der Waals surface area contributed by atoms with E-state index in [2.05, 4.69) is 0 Å². The van der Waals surface area contributed by atoms with Gasteiger partial charge in [0, 0.05) is 11.5 Å². The van der Waals surface area contributed by atoms with Gasteiger partial charge in [-0.25, -0.2) is 0 Å². The average molecular weight is 233 g/mol. The lowest BCUT2D eigenvalue weighted by Gasteiger charge is -2.08. The zero-order valence-electron chi connectivity index (χ0n) is 8.80. The van der Waals surface area contributed by atoms with E-state index in [0.717, 1.165) is 15.7 Å². The fourth-order valence-corrected chi connectivity index (χ4v) is 2.58. The van der Waals surface area contributed by atoms with Crippen LogP contribution in [0.4, 0.5) is 0 Å². The molecule has 16 heavy (non-hydrogen) atoms. The SMILES string of the molecule is O=[S@]([C]1[CH][CH][CH][CH]1)c1ccc(CCO)cc1. The van der Waals surface area contributed by atoms with Crippen LogP contribution in [-0.4, -0.2) is 15.9 Å². The Bertz CT molecular complexity index is 353. The third kappa shape index (κ3) is 2.71. The van der Waals surface area contributed by atoms with Crippen LogP contribution in [-0.2, 0) is 17.2 Å². The summed E-state index contributed by atoms with van der Waals surface area (Å²) < 4.78 is 12.0. The minimum Gasteiger partial charge on any atom is -0.396 e. The van der Waals surface area contributed by atoms with Crippen molar-refractivity contribution in [3.8, 4) is 0 Å². The number of aliphatic hydroxyl groups excluding tert-OH is 1. The summed E-state index contributed by atoms with van der Waals surface area (Å²) in [6.07, 6.45) is 8.12. The molecule has 1 aromatic carbocycles. The second-order valence-corrected chi connectivity index (χ2v) is 4.99. The first-order valence-corrected chi connectivity index (χ1v) is 6.29. The maximum Gasteiger partial charge on any atom is 0.0754 e. The van der Waals surface area contributed by atoms with E-state index in [1.54, 1.807) is 0 Å². The summed E-state index contributed by atoms with van der Waals surface area (Å²) >= 11 is 0. The highest BCUT2D eigenvalue weighted by molar-refractivity contribution is 7.88. The van der Waals surface area contributed by atoms with Gasteiger partial charge in [0.2, 0.25) is 0 Å². The van der Waals surface area contributed by atoms with Crippen LogP contribution >= 0.6 is 0 Å². The summed E-state index contributed by atoms with van der Waals surface area (Å²) in [6, 6.07) is 7.53. The Labute approximate surface area is 99.1 Å². The molecule has 0 unspecified atom stereocenters. The van der Waals surface area contributed by atoms with Crippen molar-refractivity contribution < 1.29 is 9.32 Å². The lowest BCUT2D eigenvalue weighted by atomic mass is 10.2. The first-order valence-electron chi connectivity index (χ1n) is 5.14. The topological polar surface area (TPSA) is 37.3 Å². The standard InChI is InChI=1S/C13H13O2S/c14-10-9-11-5-7-13(8-6-11)16(15)12-3-1-2-4-12/h1-8,14H,9-10H2/t16-/m1/s1. The van der Waals surface area contributed by atoms with Gasteiger partial charge in [-0.2, -0.15) is 0 Å². The fraction of sp³-hybridized carbons (Fsp3) is 0.154. The molecular weight excluding hydrogens is 220 g/mol. The van der Waals surface area contributed by atoms with Gasteiger partial charge in [-0.05, 0) is 49.8 Å². The third-order valence-corrected chi connectivity index (χ3v) is 3.78. The second kappa shape index (κ2) is 5.60. The van der Waals surface area contributed by atoms with Gasteiger partial charge in [0.15, 0.2) is 0 Å². The summed E-state index contributed by atoms with van der Waals surface area (Å²) in [7, 11) is -1.09. The average Bonchev–Trinajstić information content (AvgIpc) is 2.83. The zero-order valence-corrected chi connectivity index (χ0v) is 9.61. The Morgan fingerprint density at radius 1 is 1.06 bits per heavy atom. The number of rotatable bonds is 4. The third-order valence-electron chi connectivity index (χ3n) is 2.38. The van der Waals surface area contributed by atoms with Gasteiger partial charge in [-0.15, -0.1) is 0 Å². The summed E-state index contributed by atoms with van der Waals surface area (Å²) in [5.41, 5.74) is 1.06. The van der Waals surface area contributed by atoms with Gasteiger partial charge < -0.3 is 5.11 Å². The van der Waals surface area contributed by atoms with Gasteiger partial charge in [0.1, 0.15) is 0 Å². The van der Waals surface area contributed by atoms with Crippen LogP contribution < -0.4 is 0 Å². The molecule has 0 aromatic heterocycles. The van der Waals surface area contributed by atoms with E-state index in [9.17, 15) is 4.21 Å². The predicted molar refractivity (Wildman–Crippen MR) is 64.1 cm³/mol. The van der Waals surface area contributed by atoms with Crippen molar-refractivity contribution in [2.45, 2.75) is 11.3 Å². The van der Waals surface area contributed by atoms with E-state index >= 15 is 0 Å². The summed E-state index contributed by atoms with van der Waals surface area (Å²) in [4.78, 5) is 0.799. The summed E-state index contributed by atoms with van der Waals surface area (Å²) in [5, 5.41) is 9.62. The van der Waals surface area contributed by atoms with Crippen LogP contribution in [0.2, 0.25) is 0 Å². The van der Waals surface area contributed by atoms with Crippen molar-refractivity contribution in [2.24, 2.45) is 0 Å². The Balaban J connectivity index is 2.05. The first-order chi connectivity index (χ1) is 7.81. The Morgan fingerprint density at radius 3 is 2.25 bits per heavy atom. The predicted octanol–water partition coefficient (Wildman–Crippen LogP) is 1.69. The number of benzene rings is 1. The van der Waals surface area contributed by atoms with E-state index in [1.807, 2.05) is 49.9 Å². The molecule has 2 rings (SSSR count). The smallest absolute Gasteiger partial charge is 0.0754 e. The molecule has 1 aliphatic carbocycles. The van der Waals surface area contributed by atoms with Crippen molar-refractivity contribution in [3.63, 3.8) is 0 Å². The molecule has 0 bridgehead atoms. The normalized spacial score (nSPS) is 18.8. The van der Waals surface area contributed by atoms with E-state index in [0.29, 0.717) is 6.42 Å². The first kappa shape index (κ1) is 11.8. The minimum absolute atomic E-state index is 0.144. The van der Waals surface area contributed by atoms with Crippen molar-refractivity contribution in [3.05, 3.63) is 60.8 Å². The van der Waals surface area contributed by atoms with Crippen LogP contribution in [0, 0.1) is 30.9 Å². The second-order valence-electron chi connectivity index (χ2n) is 3.51. The van der Waals surface area contributed by atoms with Gasteiger partial charge in [-0.3, -0.25) is 4.21 Å². The summed E-state index contributed by atoms with van der Waals surface area (Å²) in [6.45, 7) is 0.144. The molecule has 2 nitrogen and oxygen atoms in total. The molecule has 1 fully saturated rings. The molecule has 0 amide bonds. The van der Waals surface area contributed by atoms with Crippen LogP contribution in [0.1, 0.15) is 5.56 Å². The van der Waals surface area contributed by atoms with Gasteiger partial charge in [0.05, 0.1) is 16.0 Å². The molecule has 83 valence electrons. The highest BCUT2D eigenvalue weighted by Crippen LogP contribution is 2.30. The molecule has 3 heteroatoms. The van der Waals surface area contributed by atoms with Gasteiger partial charge in [0.25, 0.3) is 0 Å². The lowest BCUT2D eigenvalue weighted by Crippen LogP contribution is -2.03. The van der Waals surface area contributed by atoms with E-state index in [-0.39, 0.29) is 6.61 Å². The molecule has 1 aromatic rings. The highest BCUT2D eigenvalue weighted by Gasteiger charge is 2.24. The lowest BCUT2D eigenvalue weighted by molar-refractivity contribution is 0.299. The van der Waals surface area contributed by atoms with Crippen molar-refractivity contribution in [1.82, 2.24) is 0 Å². The molecule has 1 saturated carbocycles. The maximum absolute atomic E-state index is 12.0. The van der Waals surface area contributed by atoms with Crippen LogP contribution in [0.3, 0.4) is 0 Å². The zero-order chi connectivity index (χ0) is 11.4. The molecule has 0 aliphatic heterocycles. The van der Waals surface area contributed by atoms with Crippen molar-refractivity contribution in [1.29, 1.82) is 0 Å². The Morgan fingerprint density at radius 2 is 1.69 bits per heavy atom. The van der Waals surface area contributed by atoms with Crippen LogP contribution in [0.25, 0.3) is 0 Å².